The number of nitrogens with one attached hydrogen (secondary N) is 1. The van der Waals surface area contributed by atoms with Crippen LogP contribution in [-0.4, -0.2) is 31.5 Å². The number of aliphatic imine (C=N–C) groups is 1. The van der Waals surface area contributed by atoms with Gasteiger partial charge in [-0.3, -0.25) is 9.79 Å². The topological polar surface area (TPSA) is 50.7 Å². The van der Waals surface area contributed by atoms with Gasteiger partial charge in [0.25, 0.3) is 0 Å². The molecule has 0 spiro atoms. The zero-order valence-electron chi connectivity index (χ0n) is 10.2. The van der Waals surface area contributed by atoms with Crippen molar-refractivity contribution in [3.63, 3.8) is 0 Å². The molecule has 94 valence electrons. The summed E-state index contributed by atoms with van der Waals surface area (Å²) in [6.45, 7) is 1.68. The lowest BCUT2D eigenvalue weighted by atomic mass is 9.73. The number of carbonyl (C=O) groups excluding carboxylic acids is 1. The van der Waals surface area contributed by atoms with Crippen molar-refractivity contribution in [3.05, 3.63) is 35.9 Å². The summed E-state index contributed by atoms with van der Waals surface area (Å²) in [5.41, 5.74) is 1.04. The van der Waals surface area contributed by atoms with Gasteiger partial charge in [0.15, 0.2) is 0 Å². The largest absolute Gasteiger partial charge is 0.381 e. The Labute approximate surface area is 106 Å². The molecule has 2 heterocycles. The van der Waals surface area contributed by atoms with Crippen molar-refractivity contribution in [1.29, 1.82) is 0 Å². The van der Waals surface area contributed by atoms with Gasteiger partial charge in [-0.05, 0) is 18.4 Å². The third kappa shape index (κ3) is 1.82. The fourth-order valence-corrected chi connectivity index (χ4v) is 2.77. The molecule has 18 heavy (non-hydrogen) atoms. The van der Waals surface area contributed by atoms with Crippen LogP contribution < -0.4 is 5.32 Å². The maximum absolute atomic E-state index is 11.4. The van der Waals surface area contributed by atoms with E-state index in [1.54, 1.807) is 0 Å². The highest BCUT2D eigenvalue weighted by Gasteiger charge is 2.41. The molecule has 2 aliphatic rings. The number of ether oxygens (including phenoxy) is 1. The molecule has 1 amide bonds. The molecule has 1 aromatic rings. The number of rotatable bonds is 2. The zero-order chi connectivity index (χ0) is 12.4. The van der Waals surface area contributed by atoms with Gasteiger partial charge in [-0.1, -0.05) is 30.3 Å². The van der Waals surface area contributed by atoms with Crippen LogP contribution in [0.5, 0.6) is 0 Å². The minimum absolute atomic E-state index is 0.00759. The van der Waals surface area contributed by atoms with E-state index in [2.05, 4.69) is 22.4 Å². The van der Waals surface area contributed by atoms with E-state index in [4.69, 9.17) is 4.74 Å². The third-order valence-corrected chi connectivity index (χ3v) is 3.76. The zero-order valence-corrected chi connectivity index (χ0v) is 10.2. The highest BCUT2D eigenvalue weighted by molar-refractivity contribution is 6.08. The quantitative estimate of drug-likeness (QED) is 0.851. The number of amides is 1. The summed E-state index contributed by atoms with van der Waals surface area (Å²) in [6.07, 6.45) is 1.74. The lowest BCUT2D eigenvalue weighted by molar-refractivity contribution is -0.117. The van der Waals surface area contributed by atoms with Crippen LogP contribution in [0.1, 0.15) is 18.4 Å². The number of hydrogen-bond acceptors (Lipinski definition) is 3. The van der Waals surface area contributed by atoms with Crippen molar-refractivity contribution < 1.29 is 9.53 Å². The van der Waals surface area contributed by atoms with E-state index in [1.807, 2.05) is 18.2 Å². The van der Waals surface area contributed by atoms with Gasteiger partial charge in [0.2, 0.25) is 5.91 Å². The summed E-state index contributed by atoms with van der Waals surface area (Å²) < 4.78 is 5.46. The average molecular weight is 244 g/mol. The smallest absolute Gasteiger partial charge is 0.247 e. The molecule has 0 aromatic heterocycles. The molecular formula is C14H16N2O2. The molecule has 0 atom stereocenters. The van der Waals surface area contributed by atoms with Crippen molar-refractivity contribution in [1.82, 2.24) is 5.32 Å². The van der Waals surface area contributed by atoms with Gasteiger partial charge in [-0.25, -0.2) is 0 Å². The predicted molar refractivity (Wildman–Crippen MR) is 68.6 cm³/mol. The Kier molecular flexibility index (Phi) is 2.88. The first-order valence-electron chi connectivity index (χ1n) is 6.29. The van der Waals surface area contributed by atoms with Crippen LogP contribution in [0.4, 0.5) is 0 Å². The Morgan fingerprint density at radius 3 is 2.50 bits per heavy atom. The van der Waals surface area contributed by atoms with Gasteiger partial charge in [0.1, 0.15) is 12.4 Å². The van der Waals surface area contributed by atoms with Gasteiger partial charge in [-0.2, -0.15) is 0 Å². The molecule has 1 saturated heterocycles. The highest BCUT2D eigenvalue weighted by atomic mass is 16.5. The van der Waals surface area contributed by atoms with Gasteiger partial charge in [0, 0.05) is 13.2 Å². The van der Waals surface area contributed by atoms with Gasteiger partial charge in [0.05, 0.1) is 5.41 Å². The van der Waals surface area contributed by atoms with E-state index in [9.17, 15) is 4.79 Å². The standard InChI is InChI=1S/C14H16N2O2/c17-12-10-15-13(16-12)14(6-8-18-9-7-14)11-4-2-1-3-5-11/h1-5H,6-10H2,(H,15,16,17). The Balaban J connectivity index is 2.01. The first kappa shape index (κ1) is 11.4. The van der Waals surface area contributed by atoms with Crippen molar-refractivity contribution >= 4 is 11.7 Å². The molecule has 4 heteroatoms. The Bertz CT molecular complexity index is 476. The normalized spacial score (nSPS) is 22.4. The summed E-state index contributed by atoms with van der Waals surface area (Å²) >= 11 is 0. The second-order valence-electron chi connectivity index (χ2n) is 4.77. The van der Waals surface area contributed by atoms with Crippen LogP contribution in [0.15, 0.2) is 35.3 Å². The van der Waals surface area contributed by atoms with E-state index in [1.165, 1.54) is 5.56 Å². The lowest BCUT2D eigenvalue weighted by Gasteiger charge is -2.37. The molecule has 0 bridgehead atoms. The van der Waals surface area contributed by atoms with Crippen molar-refractivity contribution in [2.75, 3.05) is 19.8 Å². The fourth-order valence-electron chi connectivity index (χ4n) is 2.77. The molecule has 1 N–H and O–H groups in total. The predicted octanol–water partition coefficient (Wildman–Crippen LogP) is 1.26. The van der Waals surface area contributed by atoms with Crippen LogP contribution in [0.3, 0.4) is 0 Å². The second kappa shape index (κ2) is 4.53. The maximum Gasteiger partial charge on any atom is 0.247 e. The minimum Gasteiger partial charge on any atom is -0.381 e. The number of carbonyl (C=O) groups is 1. The summed E-state index contributed by atoms with van der Waals surface area (Å²) in [6, 6.07) is 10.3. The fraction of sp³-hybridized carbons (Fsp3) is 0.429. The average Bonchev–Trinajstić information content (AvgIpc) is 2.88. The molecular weight excluding hydrogens is 228 g/mol. The van der Waals surface area contributed by atoms with E-state index in [0.29, 0.717) is 13.2 Å². The number of benzene rings is 1. The molecule has 3 rings (SSSR count). The lowest BCUT2D eigenvalue weighted by Crippen LogP contribution is -2.47. The van der Waals surface area contributed by atoms with Crippen molar-refractivity contribution in [2.45, 2.75) is 18.3 Å². The SMILES string of the molecule is O=C1CN=C(C2(c3ccccc3)CCOCC2)N1. The number of nitrogens with zero attached hydrogens (tertiary/aromatic N) is 1. The molecule has 1 aromatic carbocycles. The van der Waals surface area contributed by atoms with Crippen molar-refractivity contribution in [3.8, 4) is 0 Å². The Morgan fingerprint density at radius 2 is 1.89 bits per heavy atom. The van der Waals surface area contributed by atoms with Crippen LogP contribution >= 0.6 is 0 Å². The maximum atomic E-state index is 11.4. The van der Waals surface area contributed by atoms with Crippen LogP contribution in [0.25, 0.3) is 0 Å². The Hall–Kier alpha value is -1.68. The van der Waals surface area contributed by atoms with E-state index < -0.39 is 0 Å². The third-order valence-electron chi connectivity index (χ3n) is 3.76. The van der Waals surface area contributed by atoms with E-state index >= 15 is 0 Å². The van der Waals surface area contributed by atoms with Gasteiger partial charge < -0.3 is 10.1 Å². The molecule has 2 aliphatic heterocycles. The van der Waals surface area contributed by atoms with Gasteiger partial charge >= 0.3 is 0 Å². The van der Waals surface area contributed by atoms with E-state index in [0.717, 1.165) is 18.7 Å². The highest BCUT2D eigenvalue weighted by Crippen LogP contribution is 2.36. The first-order valence-corrected chi connectivity index (χ1v) is 6.29. The molecule has 4 nitrogen and oxygen atoms in total. The molecule has 0 aliphatic carbocycles. The van der Waals surface area contributed by atoms with Crippen LogP contribution in [-0.2, 0) is 14.9 Å². The van der Waals surface area contributed by atoms with Crippen LogP contribution in [0, 0.1) is 0 Å². The minimum atomic E-state index is -0.175. The number of amidine groups is 1. The molecule has 0 unspecified atom stereocenters. The number of hydrogen-bond donors (Lipinski definition) is 1. The monoisotopic (exact) mass is 244 g/mol. The molecule has 1 fully saturated rings. The summed E-state index contributed by atoms with van der Waals surface area (Å²) in [4.78, 5) is 15.8. The molecule has 0 radical (unpaired) electrons. The van der Waals surface area contributed by atoms with Gasteiger partial charge in [-0.15, -0.1) is 0 Å². The van der Waals surface area contributed by atoms with Crippen LogP contribution in [0.2, 0.25) is 0 Å². The Morgan fingerprint density at radius 1 is 1.17 bits per heavy atom. The molecule has 0 saturated carbocycles. The first-order chi connectivity index (χ1) is 8.81. The van der Waals surface area contributed by atoms with E-state index in [-0.39, 0.29) is 17.9 Å². The summed E-state index contributed by atoms with van der Waals surface area (Å²) in [5, 5.41) is 2.92. The summed E-state index contributed by atoms with van der Waals surface area (Å²) in [5.74, 6) is 0.814. The summed E-state index contributed by atoms with van der Waals surface area (Å²) in [7, 11) is 0. The second-order valence-corrected chi connectivity index (χ2v) is 4.77. The van der Waals surface area contributed by atoms with Crippen molar-refractivity contribution in [2.24, 2.45) is 4.99 Å².